The summed E-state index contributed by atoms with van der Waals surface area (Å²) < 4.78 is 0. The zero-order valence-corrected chi connectivity index (χ0v) is 12.6. The molecule has 0 spiro atoms. The molecule has 0 aliphatic carbocycles. The fourth-order valence-corrected chi connectivity index (χ4v) is 2.52. The number of ketones is 1. The zero-order valence-electron chi connectivity index (χ0n) is 12.6. The summed E-state index contributed by atoms with van der Waals surface area (Å²) in [5.74, 6) is -0.0204. The first kappa shape index (κ1) is 15.4. The van der Waals surface area contributed by atoms with Crippen LogP contribution < -0.4 is 0 Å². The van der Waals surface area contributed by atoms with Gasteiger partial charge in [0.2, 0.25) is 0 Å². The van der Waals surface area contributed by atoms with Crippen molar-refractivity contribution in [3.63, 3.8) is 0 Å². The average molecular weight is 286 g/mol. The number of aryl methyl sites for hydroxylation is 1. The normalized spacial score (nSPS) is 11.0. The Labute approximate surface area is 125 Å². The highest BCUT2D eigenvalue weighted by Gasteiger charge is 2.10. The molecule has 0 radical (unpaired) electrons. The van der Waals surface area contributed by atoms with Gasteiger partial charge in [-0.05, 0) is 46.9 Å². The fourth-order valence-electron chi connectivity index (χ4n) is 2.52. The molecule has 0 heterocycles. The average Bonchev–Trinajstić information content (AvgIpc) is 2.46. The first-order valence-electron chi connectivity index (χ1n) is 7.54. The van der Waals surface area contributed by atoms with E-state index < -0.39 is 0 Å². The Kier molecular flexibility index (Phi) is 4.84. The van der Waals surface area contributed by atoms with E-state index >= 15 is 0 Å². The monoisotopic (exact) mass is 286 g/mol. The van der Waals surface area contributed by atoms with E-state index in [2.05, 4.69) is 6.92 Å². The highest BCUT2D eigenvalue weighted by atomic mass is 16.3. The van der Waals surface area contributed by atoms with Crippen LogP contribution in [0.5, 0.6) is 11.5 Å². The van der Waals surface area contributed by atoms with E-state index in [0.717, 1.165) is 41.2 Å². The summed E-state index contributed by atoms with van der Waals surface area (Å²) in [5.41, 5.74) is 2.20. The van der Waals surface area contributed by atoms with Crippen LogP contribution in [0.4, 0.5) is 0 Å². The predicted octanol–water partition coefficient (Wildman–Crippen LogP) is 4.12. The number of phenolic OH excluding ortho intramolecular Hbond substituents is 2. The number of hydrogen-bond acceptors (Lipinski definition) is 3. The minimum absolute atomic E-state index is 0.110. The number of fused-ring (bicyclic) bond motifs is 1. The molecule has 3 nitrogen and oxygen atoms in total. The highest BCUT2D eigenvalue weighted by Crippen LogP contribution is 2.32. The maximum Gasteiger partial charge on any atom is 0.158 e. The smallest absolute Gasteiger partial charge is 0.158 e. The number of rotatable bonds is 6. The number of aromatic hydroxyl groups is 2. The topological polar surface area (TPSA) is 57.5 Å². The van der Waals surface area contributed by atoms with Gasteiger partial charge in [0.05, 0.1) is 0 Å². The molecule has 2 aromatic rings. The van der Waals surface area contributed by atoms with Crippen molar-refractivity contribution in [3.8, 4) is 11.5 Å². The molecule has 2 N–H and O–H groups in total. The van der Waals surface area contributed by atoms with Gasteiger partial charge in [-0.3, -0.25) is 4.79 Å². The molecule has 0 bridgehead atoms. The van der Waals surface area contributed by atoms with Crippen molar-refractivity contribution in [1.82, 2.24) is 0 Å². The summed E-state index contributed by atoms with van der Waals surface area (Å²) in [6.07, 6.45) is 4.07. The van der Waals surface area contributed by atoms with Crippen molar-refractivity contribution in [2.75, 3.05) is 0 Å². The summed E-state index contributed by atoms with van der Waals surface area (Å²) in [7, 11) is 0. The summed E-state index contributed by atoms with van der Waals surface area (Å²) in [5, 5.41) is 21.0. The Morgan fingerprint density at radius 3 is 2.05 bits per heavy atom. The third-order valence-corrected chi connectivity index (χ3v) is 3.83. The summed E-state index contributed by atoms with van der Waals surface area (Å²) in [6.45, 7) is 4.01. The second-order valence-corrected chi connectivity index (χ2v) is 5.48. The lowest BCUT2D eigenvalue weighted by atomic mass is 9.93. The predicted molar refractivity (Wildman–Crippen MR) is 84.9 cm³/mol. The van der Waals surface area contributed by atoms with Crippen LogP contribution in [0.25, 0.3) is 10.8 Å². The van der Waals surface area contributed by atoms with Crippen molar-refractivity contribution < 1.29 is 15.0 Å². The van der Waals surface area contributed by atoms with Gasteiger partial charge < -0.3 is 10.2 Å². The van der Waals surface area contributed by atoms with E-state index in [1.165, 1.54) is 0 Å². The molecular weight excluding hydrogens is 264 g/mol. The molecule has 3 heteroatoms. The Hall–Kier alpha value is -2.03. The van der Waals surface area contributed by atoms with E-state index in [9.17, 15) is 15.0 Å². The van der Waals surface area contributed by atoms with Crippen LogP contribution in [0, 0.1) is 0 Å². The molecule has 0 unspecified atom stereocenters. The molecule has 0 saturated carbocycles. The van der Waals surface area contributed by atoms with Crippen LogP contribution in [0.15, 0.2) is 24.3 Å². The standard InChI is InChI=1S/C18H22O3/c1-3-5-6-12-7-14-10-17(20)18(21)11-15(14)8-13(12)9-16(19)4-2/h7-8,10-11,20-21H,3-6,9H2,1-2H3. The molecule has 0 aliphatic heterocycles. The van der Waals surface area contributed by atoms with Crippen molar-refractivity contribution in [2.45, 2.75) is 46.0 Å². The van der Waals surface area contributed by atoms with Gasteiger partial charge >= 0.3 is 0 Å². The van der Waals surface area contributed by atoms with Crippen LogP contribution in [0.1, 0.15) is 44.2 Å². The van der Waals surface area contributed by atoms with Crippen LogP contribution in [0.2, 0.25) is 0 Å². The Balaban J connectivity index is 2.51. The van der Waals surface area contributed by atoms with Crippen molar-refractivity contribution in [3.05, 3.63) is 35.4 Å². The molecule has 2 rings (SSSR count). The van der Waals surface area contributed by atoms with Gasteiger partial charge in [0, 0.05) is 12.8 Å². The molecule has 21 heavy (non-hydrogen) atoms. The van der Waals surface area contributed by atoms with Gasteiger partial charge in [0.15, 0.2) is 11.5 Å². The maximum absolute atomic E-state index is 11.8. The zero-order chi connectivity index (χ0) is 15.4. The molecule has 0 aromatic heterocycles. The number of hydrogen-bond donors (Lipinski definition) is 2. The number of carbonyl (C=O) groups excluding carboxylic acids is 1. The lowest BCUT2D eigenvalue weighted by Crippen LogP contribution is -2.04. The molecule has 2 aromatic carbocycles. The molecule has 112 valence electrons. The lowest BCUT2D eigenvalue weighted by Gasteiger charge is -2.12. The SMILES string of the molecule is CCCCc1cc2cc(O)c(O)cc2cc1CC(=O)CC. The summed E-state index contributed by atoms with van der Waals surface area (Å²) >= 11 is 0. The second-order valence-electron chi connectivity index (χ2n) is 5.48. The van der Waals surface area contributed by atoms with Crippen LogP contribution in [-0.2, 0) is 17.6 Å². The van der Waals surface area contributed by atoms with Gasteiger partial charge in [0.25, 0.3) is 0 Å². The fraction of sp³-hybridized carbons (Fsp3) is 0.389. The number of Topliss-reactive ketones (excluding diaryl/α,β-unsaturated/α-hetero) is 1. The van der Waals surface area contributed by atoms with Gasteiger partial charge in [-0.15, -0.1) is 0 Å². The largest absolute Gasteiger partial charge is 0.504 e. The van der Waals surface area contributed by atoms with Gasteiger partial charge in [-0.25, -0.2) is 0 Å². The van der Waals surface area contributed by atoms with E-state index in [0.29, 0.717) is 12.8 Å². The van der Waals surface area contributed by atoms with Crippen molar-refractivity contribution >= 4 is 16.6 Å². The highest BCUT2D eigenvalue weighted by molar-refractivity contribution is 5.89. The number of benzene rings is 2. The van der Waals surface area contributed by atoms with Gasteiger partial charge in [0.1, 0.15) is 5.78 Å². The quantitative estimate of drug-likeness (QED) is 0.785. The summed E-state index contributed by atoms with van der Waals surface area (Å²) in [6, 6.07) is 7.12. The molecule has 0 fully saturated rings. The third kappa shape index (κ3) is 3.54. The maximum atomic E-state index is 11.8. The van der Waals surface area contributed by atoms with E-state index in [1.54, 1.807) is 12.1 Å². The minimum atomic E-state index is -0.128. The molecule has 0 saturated heterocycles. The number of carbonyl (C=O) groups is 1. The van der Waals surface area contributed by atoms with Crippen molar-refractivity contribution in [2.24, 2.45) is 0 Å². The van der Waals surface area contributed by atoms with Crippen LogP contribution in [0.3, 0.4) is 0 Å². The Morgan fingerprint density at radius 1 is 0.952 bits per heavy atom. The Bertz CT molecular complexity index is 659. The van der Waals surface area contributed by atoms with Crippen molar-refractivity contribution in [1.29, 1.82) is 0 Å². The van der Waals surface area contributed by atoms with Gasteiger partial charge in [-0.2, -0.15) is 0 Å². The lowest BCUT2D eigenvalue weighted by molar-refractivity contribution is -0.118. The first-order chi connectivity index (χ1) is 10.0. The molecule has 0 aliphatic rings. The van der Waals surface area contributed by atoms with Crippen LogP contribution in [-0.4, -0.2) is 16.0 Å². The number of phenols is 2. The summed E-state index contributed by atoms with van der Waals surface area (Å²) in [4.78, 5) is 11.8. The molecule has 0 amide bonds. The van der Waals surface area contributed by atoms with Gasteiger partial charge in [-0.1, -0.05) is 32.4 Å². The number of unbranched alkanes of at least 4 members (excludes halogenated alkanes) is 1. The second kappa shape index (κ2) is 6.61. The van der Waals surface area contributed by atoms with Crippen LogP contribution >= 0.6 is 0 Å². The third-order valence-electron chi connectivity index (χ3n) is 3.83. The molecular formula is C18H22O3. The Morgan fingerprint density at radius 2 is 1.52 bits per heavy atom. The minimum Gasteiger partial charge on any atom is -0.504 e. The van der Waals surface area contributed by atoms with E-state index in [1.807, 2.05) is 19.1 Å². The first-order valence-corrected chi connectivity index (χ1v) is 7.54. The van der Waals surface area contributed by atoms with E-state index in [-0.39, 0.29) is 17.3 Å². The van der Waals surface area contributed by atoms with E-state index in [4.69, 9.17) is 0 Å². The molecule has 0 atom stereocenters.